The molecule has 182 valence electrons. The van der Waals surface area contributed by atoms with Crippen LogP contribution in [0.15, 0.2) is 134 Å². The fourth-order valence-corrected chi connectivity index (χ4v) is 7.42. The second-order valence-corrected chi connectivity index (χ2v) is 10.9. The van der Waals surface area contributed by atoms with Gasteiger partial charge in [0.1, 0.15) is 11.1 Å². The van der Waals surface area contributed by atoms with E-state index < -0.39 is 0 Å². The minimum atomic E-state index is -0.386. The van der Waals surface area contributed by atoms with Crippen LogP contribution in [-0.4, -0.2) is 0 Å². The van der Waals surface area contributed by atoms with Gasteiger partial charge in [-0.1, -0.05) is 42.5 Å². The standard InChI is InChI=1S/C36H26N3/c1-2-12-26-25(11-1)23-36-24-37-21-7-5-17-31(37)28-14-9-15-29(32-18-6-8-22-38(32)36)35(28)39-33(26)19-10-20-34(39)27-13-3-4-16-30(27)36/h1-22H,23-24H2/q+3. The lowest BCUT2D eigenvalue weighted by atomic mass is 9.78. The summed E-state index contributed by atoms with van der Waals surface area (Å²) in [7, 11) is 0. The second kappa shape index (κ2) is 7.58. The molecule has 0 fully saturated rings. The molecule has 3 aliphatic heterocycles. The Morgan fingerprint density at radius 1 is 0.487 bits per heavy atom. The van der Waals surface area contributed by atoms with E-state index in [-0.39, 0.29) is 5.54 Å². The van der Waals surface area contributed by atoms with Crippen LogP contribution in [0.4, 0.5) is 0 Å². The van der Waals surface area contributed by atoms with Gasteiger partial charge in [0.2, 0.25) is 35.0 Å². The third-order valence-corrected chi connectivity index (χ3v) is 8.98. The molecule has 0 saturated heterocycles. The van der Waals surface area contributed by atoms with Crippen LogP contribution in [0.2, 0.25) is 0 Å². The normalized spacial score (nSPS) is 17.1. The molecule has 1 unspecified atom stereocenters. The fraction of sp³-hybridized carbons (Fsp3) is 0.0833. The maximum Gasteiger partial charge on any atom is 0.256 e. The number of hydrogen-bond donors (Lipinski definition) is 0. The first-order chi connectivity index (χ1) is 19.3. The number of aromatic nitrogens is 3. The molecular formula is C36H26N3+3. The van der Waals surface area contributed by atoms with E-state index in [4.69, 9.17) is 0 Å². The highest BCUT2D eigenvalue weighted by Crippen LogP contribution is 2.44. The summed E-state index contributed by atoms with van der Waals surface area (Å²) in [6.45, 7) is 0.810. The van der Waals surface area contributed by atoms with Crippen molar-refractivity contribution in [2.75, 3.05) is 0 Å². The topological polar surface area (TPSA) is 11.6 Å². The number of para-hydroxylation sites is 1. The average Bonchev–Trinajstić information content (AvgIpc) is 3.04. The van der Waals surface area contributed by atoms with E-state index in [9.17, 15) is 0 Å². The molecule has 1 atom stereocenters. The third kappa shape index (κ3) is 2.69. The van der Waals surface area contributed by atoms with E-state index >= 15 is 0 Å². The molecule has 0 aliphatic carbocycles. The summed E-state index contributed by atoms with van der Waals surface area (Å²) in [6.07, 6.45) is 5.44. The average molecular weight is 501 g/mol. The zero-order valence-electron chi connectivity index (χ0n) is 21.5. The quantitative estimate of drug-likeness (QED) is 0.233. The largest absolute Gasteiger partial charge is 0.256 e. The van der Waals surface area contributed by atoms with Gasteiger partial charge in [-0.15, -0.1) is 0 Å². The third-order valence-electron chi connectivity index (χ3n) is 8.98. The van der Waals surface area contributed by atoms with Gasteiger partial charge in [0.05, 0.1) is 11.1 Å². The molecule has 3 aliphatic rings. The predicted octanol–water partition coefficient (Wildman–Crippen LogP) is 5.83. The summed E-state index contributed by atoms with van der Waals surface area (Å²) in [4.78, 5) is 0. The van der Waals surface area contributed by atoms with Crippen molar-refractivity contribution in [3.05, 3.63) is 145 Å². The molecule has 3 heteroatoms. The number of hydrogen-bond acceptors (Lipinski definition) is 0. The van der Waals surface area contributed by atoms with Crippen molar-refractivity contribution in [1.29, 1.82) is 0 Å². The number of rotatable bonds is 0. The summed E-state index contributed by atoms with van der Waals surface area (Å²) in [6, 6.07) is 45.1. The Bertz CT molecular complexity index is 1840. The highest BCUT2D eigenvalue weighted by atomic mass is 15.1. The van der Waals surface area contributed by atoms with Crippen LogP contribution in [0.3, 0.4) is 0 Å². The van der Waals surface area contributed by atoms with Crippen molar-refractivity contribution in [3.63, 3.8) is 0 Å². The summed E-state index contributed by atoms with van der Waals surface area (Å²) in [5, 5.41) is 0. The fourth-order valence-electron chi connectivity index (χ4n) is 7.42. The van der Waals surface area contributed by atoms with Crippen LogP contribution >= 0.6 is 0 Å². The molecule has 7 bridgehead atoms. The van der Waals surface area contributed by atoms with E-state index in [0.717, 1.165) is 13.0 Å². The highest BCUT2D eigenvalue weighted by molar-refractivity contribution is 5.81. The Balaban J connectivity index is 1.66. The molecule has 6 heterocycles. The Morgan fingerprint density at radius 2 is 1.10 bits per heavy atom. The van der Waals surface area contributed by atoms with Gasteiger partial charge in [0.25, 0.3) is 5.54 Å². The lowest BCUT2D eigenvalue weighted by molar-refractivity contribution is -0.814. The molecule has 0 N–H and O–H groups in total. The molecule has 0 saturated carbocycles. The van der Waals surface area contributed by atoms with Crippen molar-refractivity contribution in [2.24, 2.45) is 0 Å². The van der Waals surface area contributed by atoms with Crippen molar-refractivity contribution in [1.82, 2.24) is 0 Å². The first-order valence-corrected chi connectivity index (χ1v) is 13.7. The minimum Gasteiger partial charge on any atom is -0.190 e. The van der Waals surface area contributed by atoms with Crippen molar-refractivity contribution < 1.29 is 13.7 Å². The molecule has 0 radical (unpaired) electrons. The maximum atomic E-state index is 2.58. The van der Waals surface area contributed by atoms with Crippen molar-refractivity contribution in [3.8, 4) is 50.7 Å². The van der Waals surface area contributed by atoms with Crippen molar-refractivity contribution >= 4 is 0 Å². The maximum absolute atomic E-state index is 2.58. The molecule has 0 amide bonds. The zero-order chi connectivity index (χ0) is 25.6. The number of benzene rings is 3. The molecule has 9 rings (SSSR count). The highest BCUT2D eigenvalue weighted by Gasteiger charge is 2.54. The Kier molecular flexibility index (Phi) is 4.10. The van der Waals surface area contributed by atoms with Gasteiger partial charge in [-0.3, -0.25) is 0 Å². The Hall–Kier alpha value is -4.89. The van der Waals surface area contributed by atoms with Gasteiger partial charge in [0.15, 0.2) is 12.4 Å². The van der Waals surface area contributed by atoms with Gasteiger partial charge < -0.3 is 0 Å². The van der Waals surface area contributed by atoms with Crippen LogP contribution in [0, 0.1) is 0 Å². The molecular weight excluding hydrogens is 474 g/mol. The summed E-state index contributed by atoms with van der Waals surface area (Å²) in [5.74, 6) is 0. The van der Waals surface area contributed by atoms with Gasteiger partial charge in [-0.2, -0.15) is 13.7 Å². The molecule has 6 aromatic rings. The molecule has 1 spiro atoms. The van der Waals surface area contributed by atoms with Crippen molar-refractivity contribution in [2.45, 2.75) is 18.5 Å². The second-order valence-electron chi connectivity index (χ2n) is 10.9. The van der Waals surface area contributed by atoms with Crippen LogP contribution in [0.1, 0.15) is 11.1 Å². The van der Waals surface area contributed by atoms with E-state index in [1.807, 2.05) is 0 Å². The van der Waals surface area contributed by atoms with Crippen LogP contribution in [-0.2, 0) is 18.5 Å². The van der Waals surface area contributed by atoms with Gasteiger partial charge in [0, 0.05) is 48.4 Å². The Labute approximate surface area is 227 Å². The molecule has 3 aromatic carbocycles. The van der Waals surface area contributed by atoms with Crippen LogP contribution in [0.5, 0.6) is 0 Å². The van der Waals surface area contributed by atoms with Gasteiger partial charge in [-0.25, -0.2) is 0 Å². The molecule has 3 nitrogen and oxygen atoms in total. The number of pyridine rings is 3. The SMILES string of the molecule is c1ccc2c(c1)CC13C[n+]4ccccc4-c4cccc(c4-[n+]4c-2cccc4-c2ccccc21)-c1cccc[n+]13. The smallest absolute Gasteiger partial charge is 0.190 e. The van der Waals surface area contributed by atoms with Gasteiger partial charge in [-0.05, 0) is 48.0 Å². The predicted molar refractivity (Wildman–Crippen MR) is 151 cm³/mol. The molecule has 39 heavy (non-hydrogen) atoms. The van der Waals surface area contributed by atoms with E-state index in [2.05, 4.69) is 147 Å². The Morgan fingerprint density at radius 3 is 2.00 bits per heavy atom. The van der Waals surface area contributed by atoms with E-state index in [1.165, 1.54) is 61.8 Å². The summed E-state index contributed by atoms with van der Waals surface area (Å²) < 4.78 is 7.61. The zero-order valence-corrected chi connectivity index (χ0v) is 21.5. The van der Waals surface area contributed by atoms with Gasteiger partial charge >= 0.3 is 0 Å². The van der Waals surface area contributed by atoms with E-state index in [0.29, 0.717) is 0 Å². The summed E-state index contributed by atoms with van der Waals surface area (Å²) in [5.41, 5.74) is 13.6. The van der Waals surface area contributed by atoms with Crippen LogP contribution in [0.25, 0.3) is 50.7 Å². The van der Waals surface area contributed by atoms with Crippen LogP contribution < -0.4 is 13.7 Å². The first kappa shape index (κ1) is 21.1. The van der Waals surface area contributed by atoms with E-state index in [1.54, 1.807) is 0 Å². The monoisotopic (exact) mass is 500 g/mol. The minimum absolute atomic E-state index is 0.386. The number of fused-ring (bicyclic) bond motifs is 4. The summed E-state index contributed by atoms with van der Waals surface area (Å²) >= 11 is 0. The first-order valence-electron chi connectivity index (χ1n) is 13.7. The number of nitrogens with zero attached hydrogens (tertiary/aromatic N) is 3. The lowest BCUT2D eigenvalue weighted by Crippen LogP contribution is -2.66. The molecule has 3 aromatic heterocycles. The lowest BCUT2D eigenvalue weighted by Gasteiger charge is -2.29.